The Morgan fingerprint density at radius 2 is 1.63 bits per heavy atom. The lowest BCUT2D eigenvalue weighted by Gasteiger charge is -2.11. The van der Waals surface area contributed by atoms with Crippen LogP contribution < -0.4 is 10.5 Å². The van der Waals surface area contributed by atoms with Crippen LogP contribution in [0.1, 0.15) is 13.8 Å². The highest BCUT2D eigenvalue weighted by molar-refractivity contribution is 5.67. The third-order valence-corrected chi connectivity index (χ3v) is 2.62. The fourth-order valence-corrected chi connectivity index (χ4v) is 1.77. The van der Waals surface area contributed by atoms with Crippen molar-refractivity contribution in [3.8, 4) is 16.9 Å². The van der Waals surface area contributed by atoms with Gasteiger partial charge in [-0.25, -0.2) is 8.78 Å². The highest BCUT2D eigenvalue weighted by Crippen LogP contribution is 2.28. The summed E-state index contributed by atoms with van der Waals surface area (Å²) < 4.78 is 32.6. The van der Waals surface area contributed by atoms with Crippen molar-refractivity contribution < 1.29 is 13.5 Å². The number of rotatable bonds is 3. The number of hydrogen-bond acceptors (Lipinski definition) is 2. The van der Waals surface area contributed by atoms with Crippen molar-refractivity contribution in [2.75, 3.05) is 5.73 Å². The standard InChI is InChI=1S/C15H15F2NO/c1-9(2)19-11-5-3-10(4-6-11)12-7-14(17)15(18)8-13(12)16/h3-9H,18H2,1-2H3. The molecule has 0 aliphatic heterocycles. The van der Waals surface area contributed by atoms with Crippen LogP contribution in [-0.2, 0) is 0 Å². The van der Waals surface area contributed by atoms with Crippen molar-refractivity contribution >= 4 is 5.69 Å². The van der Waals surface area contributed by atoms with Crippen LogP contribution in [0.15, 0.2) is 36.4 Å². The third kappa shape index (κ3) is 3.02. The second-order valence-electron chi connectivity index (χ2n) is 4.54. The number of anilines is 1. The number of halogens is 2. The van der Waals surface area contributed by atoms with Crippen molar-refractivity contribution in [1.29, 1.82) is 0 Å². The predicted octanol–water partition coefficient (Wildman–Crippen LogP) is 4.00. The highest BCUT2D eigenvalue weighted by atomic mass is 19.1. The summed E-state index contributed by atoms with van der Waals surface area (Å²) in [6, 6.07) is 8.91. The van der Waals surface area contributed by atoms with Gasteiger partial charge < -0.3 is 10.5 Å². The van der Waals surface area contributed by atoms with E-state index in [0.717, 1.165) is 12.1 Å². The van der Waals surface area contributed by atoms with E-state index in [4.69, 9.17) is 10.5 Å². The molecule has 0 unspecified atom stereocenters. The number of ether oxygens (including phenoxy) is 1. The molecule has 0 aliphatic carbocycles. The molecule has 0 saturated heterocycles. The van der Waals surface area contributed by atoms with E-state index >= 15 is 0 Å². The molecule has 2 nitrogen and oxygen atoms in total. The third-order valence-electron chi connectivity index (χ3n) is 2.62. The molecule has 0 aliphatic rings. The van der Waals surface area contributed by atoms with Gasteiger partial charge in [-0.2, -0.15) is 0 Å². The average molecular weight is 263 g/mol. The van der Waals surface area contributed by atoms with Gasteiger partial charge in [0.05, 0.1) is 11.8 Å². The molecule has 0 bridgehead atoms. The van der Waals surface area contributed by atoms with Crippen molar-refractivity contribution in [2.24, 2.45) is 0 Å². The van der Waals surface area contributed by atoms with Crippen molar-refractivity contribution in [1.82, 2.24) is 0 Å². The molecule has 0 amide bonds. The molecular weight excluding hydrogens is 248 g/mol. The molecule has 0 aromatic heterocycles. The first kappa shape index (κ1) is 13.3. The summed E-state index contributed by atoms with van der Waals surface area (Å²) in [7, 11) is 0. The topological polar surface area (TPSA) is 35.2 Å². The molecule has 2 rings (SSSR count). The normalized spacial score (nSPS) is 10.8. The summed E-state index contributed by atoms with van der Waals surface area (Å²) in [4.78, 5) is 0. The van der Waals surface area contributed by atoms with Crippen LogP contribution in [0, 0.1) is 11.6 Å². The lowest BCUT2D eigenvalue weighted by molar-refractivity contribution is 0.242. The fourth-order valence-electron chi connectivity index (χ4n) is 1.77. The maximum absolute atomic E-state index is 13.7. The second kappa shape index (κ2) is 5.26. The molecular formula is C15H15F2NO. The van der Waals surface area contributed by atoms with E-state index in [1.54, 1.807) is 24.3 Å². The van der Waals surface area contributed by atoms with Gasteiger partial charge in [-0.15, -0.1) is 0 Å². The summed E-state index contributed by atoms with van der Waals surface area (Å²) in [5.74, 6) is -0.481. The Morgan fingerprint density at radius 3 is 2.21 bits per heavy atom. The van der Waals surface area contributed by atoms with Crippen LogP contribution in [-0.4, -0.2) is 6.10 Å². The first-order chi connectivity index (χ1) is 8.97. The molecule has 100 valence electrons. The Bertz CT molecular complexity index is 579. The molecule has 2 aromatic carbocycles. The van der Waals surface area contributed by atoms with Gasteiger partial charge >= 0.3 is 0 Å². The molecule has 0 fully saturated rings. The van der Waals surface area contributed by atoms with Gasteiger partial charge in [0, 0.05) is 11.6 Å². The maximum atomic E-state index is 13.7. The molecule has 2 aromatic rings. The van der Waals surface area contributed by atoms with Gasteiger partial charge in [0.25, 0.3) is 0 Å². The second-order valence-corrected chi connectivity index (χ2v) is 4.54. The van der Waals surface area contributed by atoms with Crippen LogP contribution in [0.25, 0.3) is 11.1 Å². The van der Waals surface area contributed by atoms with Gasteiger partial charge in [-0.05, 0) is 37.6 Å². The van der Waals surface area contributed by atoms with Gasteiger partial charge in [0.2, 0.25) is 0 Å². The minimum absolute atomic E-state index is 0.0663. The quantitative estimate of drug-likeness (QED) is 0.849. The Balaban J connectivity index is 2.34. The Kier molecular flexibility index (Phi) is 3.69. The van der Waals surface area contributed by atoms with Crippen LogP contribution in [0.4, 0.5) is 14.5 Å². The van der Waals surface area contributed by atoms with E-state index in [0.29, 0.717) is 11.3 Å². The smallest absolute Gasteiger partial charge is 0.146 e. The first-order valence-electron chi connectivity index (χ1n) is 5.99. The van der Waals surface area contributed by atoms with Crippen LogP contribution in [0.3, 0.4) is 0 Å². The van der Waals surface area contributed by atoms with Gasteiger partial charge in [0.1, 0.15) is 17.4 Å². The van der Waals surface area contributed by atoms with E-state index < -0.39 is 11.6 Å². The van der Waals surface area contributed by atoms with Gasteiger partial charge in [0.15, 0.2) is 0 Å². The minimum Gasteiger partial charge on any atom is -0.491 e. The molecule has 0 saturated carbocycles. The first-order valence-corrected chi connectivity index (χ1v) is 5.99. The summed E-state index contributed by atoms with van der Waals surface area (Å²) in [6.07, 6.45) is 0.0663. The van der Waals surface area contributed by atoms with Crippen LogP contribution in [0.5, 0.6) is 5.75 Å². The Hall–Kier alpha value is -2.10. The molecule has 0 atom stereocenters. The monoisotopic (exact) mass is 263 g/mol. The number of nitrogens with two attached hydrogens (primary N) is 1. The zero-order valence-electron chi connectivity index (χ0n) is 10.8. The number of benzene rings is 2. The molecule has 19 heavy (non-hydrogen) atoms. The molecule has 2 N–H and O–H groups in total. The maximum Gasteiger partial charge on any atom is 0.146 e. The molecule has 0 radical (unpaired) electrons. The fraction of sp³-hybridized carbons (Fsp3) is 0.200. The molecule has 4 heteroatoms. The van der Waals surface area contributed by atoms with E-state index in [9.17, 15) is 8.78 Å². The predicted molar refractivity (Wildman–Crippen MR) is 72.0 cm³/mol. The molecule has 0 heterocycles. The summed E-state index contributed by atoms with van der Waals surface area (Å²) >= 11 is 0. The van der Waals surface area contributed by atoms with Gasteiger partial charge in [-0.3, -0.25) is 0 Å². The number of hydrogen-bond donors (Lipinski definition) is 1. The lowest BCUT2D eigenvalue weighted by Crippen LogP contribution is -2.05. The highest BCUT2D eigenvalue weighted by Gasteiger charge is 2.10. The summed E-state index contributed by atoms with van der Waals surface area (Å²) in [5.41, 5.74) is 5.88. The van der Waals surface area contributed by atoms with Gasteiger partial charge in [-0.1, -0.05) is 12.1 Å². The largest absolute Gasteiger partial charge is 0.491 e. The Labute approximate surface area is 110 Å². The lowest BCUT2D eigenvalue weighted by atomic mass is 10.0. The van der Waals surface area contributed by atoms with E-state index in [2.05, 4.69) is 0 Å². The zero-order valence-corrected chi connectivity index (χ0v) is 10.8. The Morgan fingerprint density at radius 1 is 1.00 bits per heavy atom. The van der Waals surface area contributed by atoms with Crippen LogP contribution in [0.2, 0.25) is 0 Å². The van der Waals surface area contributed by atoms with E-state index in [1.165, 1.54) is 0 Å². The van der Waals surface area contributed by atoms with E-state index in [1.807, 2.05) is 13.8 Å². The average Bonchev–Trinajstić information content (AvgIpc) is 2.34. The number of nitrogen functional groups attached to an aromatic ring is 1. The van der Waals surface area contributed by atoms with Crippen molar-refractivity contribution in [3.63, 3.8) is 0 Å². The van der Waals surface area contributed by atoms with Crippen molar-refractivity contribution in [3.05, 3.63) is 48.0 Å². The minimum atomic E-state index is -0.626. The van der Waals surface area contributed by atoms with Crippen LogP contribution >= 0.6 is 0 Å². The summed E-state index contributed by atoms with van der Waals surface area (Å²) in [5, 5.41) is 0. The molecule has 0 spiro atoms. The van der Waals surface area contributed by atoms with E-state index in [-0.39, 0.29) is 17.4 Å². The van der Waals surface area contributed by atoms with Crippen molar-refractivity contribution in [2.45, 2.75) is 20.0 Å². The SMILES string of the molecule is CC(C)Oc1ccc(-c2cc(F)c(N)cc2F)cc1. The summed E-state index contributed by atoms with van der Waals surface area (Å²) in [6.45, 7) is 3.84. The zero-order chi connectivity index (χ0) is 14.0.